The zero-order valence-electron chi connectivity index (χ0n) is 19.6. The highest BCUT2D eigenvalue weighted by Crippen LogP contribution is 2.30. The van der Waals surface area contributed by atoms with Gasteiger partial charge in [-0.2, -0.15) is 5.10 Å². The summed E-state index contributed by atoms with van der Waals surface area (Å²) in [6.45, 7) is 4.98. The fourth-order valence-corrected chi connectivity index (χ4v) is 3.40. The average molecular weight is 491 g/mol. The van der Waals surface area contributed by atoms with Gasteiger partial charge in [0.15, 0.2) is 0 Å². The molecule has 0 spiro atoms. The van der Waals surface area contributed by atoms with Crippen LogP contribution in [-0.4, -0.2) is 50.8 Å². The van der Waals surface area contributed by atoms with Gasteiger partial charge in [-0.15, -0.1) is 0 Å². The number of rotatable bonds is 11. The molecule has 0 aliphatic rings. The third-order valence-corrected chi connectivity index (χ3v) is 5.40. The summed E-state index contributed by atoms with van der Waals surface area (Å²) in [5, 5.41) is 9.37. The van der Waals surface area contributed by atoms with Crippen LogP contribution in [0.3, 0.4) is 0 Å². The van der Waals surface area contributed by atoms with Crippen molar-refractivity contribution in [3.05, 3.63) is 95.0 Å². The minimum atomic E-state index is -0.386. The molecule has 8 heteroatoms. The molecule has 0 heterocycles. The normalized spacial score (nSPS) is 10.7. The van der Waals surface area contributed by atoms with Crippen molar-refractivity contribution in [1.82, 2.24) is 5.01 Å². The highest BCUT2D eigenvalue weighted by molar-refractivity contribution is 6.31. The van der Waals surface area contributed by atoms with Gasteiger partial charge in [0.2, 0.25) is 6.41 Å². The van der Waals surface area contributed by atoms with E-state index in [9.17, 15) is 9.59 Å². The summed E-state index contributed by atoms with van der Waals surface area (Å²) >= 11 is 6.19. The number of anilines is 3. The van der Waals surface area contributed by atoms with Crippen molar-refractivity contribution >= 4 is 53.3 Å². The molecular formula is C27H27ClN4O3. The first-order valence-corrected chi connectivity index (χ1v) is 11.2. The van der Waals surface area contributed by atoms with Crippen LogP contribution in [0.5, 0.6) is 0 Å². The first-order valence-electron chi connectivity index (χ1n) is 10.9. The van der Waals surface area contributed by atoms with Crippen molar-refractivity contribution in [3.63, 3.8) is 0 Å². The minimum Gasteiger partial charge on any atom is -0.383 e. The number of hydrazone groups is 1. The van der Waals surface area contributed by atoms with E-state index in [-0.39, 0.29) is 11.5 Å². The average Bonchev–Trinajstić information content (AvgIpc) is 2.88. The Hall–Kier alpha value is -3.94. The second-order valence-electron chi connectivity index (χ2n) is 7.63. The zero-order chi connectivity index (χ0) is 25.2. The number of methoxy groups -OCH3 is 1. The fraction of sp³-hybridized carbons (Fsp3) is 0.148. The van der Waals surface area contributed by atoms with Crippen LogP contribution in [-0.2, 0) is 9.53 Å². The zero-order valence-corrected chi connectivity index (χ0v) is 20.4. The van der Waals surface area contributed by atoms with Crippen LogP contribution in [0.1, 0.15) is 21.5 Å². The number of halogens is 1. The quantitative estimate of drug-likeness (QED) is 0.220. The number of carbonyl (C=O) groups is 2. The van der Waals surface area contributed by atoms with Gasteiger partial charge in [0.05, 0.1) is 30.6 Å². The van der Waals surface area contributed by atoms with Crippen LogP contribution in [0.15, 0.2) is 78.4 Å². The van der Waals surface area contributed by atoms with Crippen molar-refractivity contribution in [2.24, 2.45) is 5.10 Å². The van der Waals surface area contributed by atoms with Gasteiger partial charge in [0, 0.05) is 30.6 Å². The summed E-state index contributed by atoms with van der Waals surface area (Å²) < 4.78 is 5.04. The number of nitrogens with zero attached hydrogens (tertiary/aromatic N) is 3. The number of carbonyl (C=O) groups excluding carboxylic acids is 2. The molecule has 0 aliphatic carbocycles. The molecule has 0 fully saturated rings. The number of hydrogen-bond acceptors (Lipinski definition) is 5. The Morgan fingerprint density at radius 1 is 1.09 bits per heavy atom. The largest absolute Gasteiger partial charge is 0.383 e. The lowest BCUT2D eigenvalue weighted by molar-refractivity contribution is -0.106. The van der Waals surface area contributed by atoms with Gasteiger partial charge in [-0.25, -0.2) is 0 Å². The van der Waals surface area contributed by atoms with Gasteiger partial charge in [0.25, 0.3) is 5.91 Å². The molecule has 3 rings (SSSR count). The molecule has 3 aromatic carbocycles. The number of ether oxygens (including phenoxy) is 1. The number of nitrogens with one attached hydrogen (secondary N) is 1. The van der Waals surface area contributed by atoms with E-state index in [0.717, 1.165) is 11.1 Å². The smallest absolute Gasteiger partial charge is 0.257 e. The molecule has 0 saturated heterocycles. The lowest BCUT2D eigenvalue weighted by Crippen LogP contribution is -2.20. The summed E-state index contributed by atoms with van der Waals surface area (Å²) in [5.74, 6) is -0.386. The third-order valence-electron chi connectivity index (χ3n) is 5.17. The summed E-state index contributed by atoms with van der Waals surface area (Å²) in [4.78, 5) is 26.6. The van der Waals surface area contributed by atoms with Crippen molar-refractivity contribution in [2.75, 3.05) is 37.5 Å². The molecule has 0 bridgehead atoms. The van der Waals surface area contributed by atoms with Gasteiger partial charge in [0.1, 0.15) is 0 Å². The molecule has 0 aliphatic heterocycles. The van der Waals surface area contributed by atoms with E-state index in [2.05, 4.69) is 17.0 Å². The lowest BCUT2D eigenvalue weighted by Gasteiger charge is -2.21. The molecule has 0 atom stereocenters. The number of hydrogen-bond donors (Lipinski definition) is 1. The highest BCUT2D eigenvalue weighted by atomic mass is 35.5. The molecule has 0 saturated carbocycles. The second-order valence-corrected chi connectivity index (χ2v) is 8.06. The first kappa shape index (κ1) is 25.7. The van der Waals surface area contributed by atoms with Gasteiger partial charge in [-0.3, -0.25) is 19.5 Å². The number of amides is 2. The molecule has 2 amide bonds. The summed E-state index contributed by atoms with van der Waals surface area (Å²) in [6, 6.07) is 19.3. The van der Waals surface area contributed by atoms with Crippen LogP contribution >= 0.6 is 11.6 Å². The Kier molecular flexibility index (Phi) is 9.17. The molecule has 7 nitrogen and oxygen atoms in total. The predicted octanol–water partition coefficient (Wildman–Crippen LogP) is 5.44. The summed E-state index contributed by atoms with van der Waals surface area (Å²) in [6.07, 6.45) is 4.11. The standard InChI is InChI=1S/C27H27ClN4O3/c1-4-20-5-10-23(11-6-20)30-27(34)25-17-22(28)9-14-26(25)32(19-33)24-12-7-21(8-13-24)18-29-31(2)15-16-35-3/h4-14,17-19H,1,15-16H2,2-3H3,(H,30,34). The molecule has 0 aromatic heterocycles. The van der Waals surface area contributed by atoms with E-state index < -0.39 is 0 Å². The van der Waals surface area contributed by atoms with Gasteiger partial charge in [-0.1, -0.05) is 48.5 Å². The summed E-state index contributed by atoms with van der Waals surface area (Å²) in [5.41, 5.74) is 3.68. The molecule has 35 heavy (non-hydrogen) atoms. The Labute approximate surface area is 210 Å². The molecule has 0 unspecified atom stereocenters. The SMILES string of the molecule is C=Cc1ccc(NC(=O)c2cc(Cl)ccc2N(C=O)c2ccc(C=NN(C)CCOC)cc2)cc1. The van der Waals surface area contributed by atoms with Crippen LogP contribution in [0.4, 0.5) is 17.1 Å². The van der Waals surface area contributed by atoms with Crippen LogP contribution in [0.25, 0.3) is 6.08 Å². The maximum atomic E-state index is 13.1. The van der Waals surface area contributed by atoms with E-state index in [1.807, 2.05) is 31.3 Å². The Bertz CT molecular complexity index is 1190. The molecule has 1 N–H and O–H groups in total. The number of benzene rings is 3. The van der Waals surface area contributed by atoms with Crippen LogP contribution < -0.4 is 10.2 Å². The van der Waals surface area contributed by atoms with Gasteiger partial charge in [-0.05, 0) is 53.6 Å². The molecule has 180 valence electrons. The van der Waals surface area contributed by atoms with E-state index in [1.54, 1.807) is 60.8 Å². The van der Waals surface area contributed by atoms with E-state index in [4.69, 9.17) is 16.3 Å². The van der Waals surface area contributed by atoms with Crippen molar-refractivity contribution in [2.45, 2.75) is 0 Å². The highest BCUT2D eigenvalue weighted by Gasteiger charge is 2.19. The topological polar surface area (TPSA) is 74.2 Å². The first-order chi connectivity index (χ1) is 16.9. The molecule has 0 radical (unpaired) electrons. The Morgan fingerprint density at radius 2 is 1.77 bits per heavy atom. The number of likely N-dealkylation sites (N-methyl/N-ethyl adjacent to an activating group) is 1. The predicted molar refractivity (Wildman–Crippen MR) is 143 cm³/mol. The van der Waals surface area contributed by atoms with E-state index in [0.29, 0.717) is 41.6 Å². The Morgan fingerprint density at radius 3 is 2.40 bits per heavy atom. The minimum absolute atomic E-state index is 0.266. The van der Waals surface area contributed by atoms with Crippen molar-refractivity contribution < 1.29 is 14.3 Å². The molecular weight excluding hydrogens is 464 g/mol. The van der Waals surface area contributed by atoms with Crippen LogP contribution in [0.2, 0.25) is 5.02 Å². The maximum absolute atomic E-state index is 13.1. The van der Waals surface area contributed by atoms with Gasteiger partial charge < -0.3 is 10.1 Å². The maximum Gasteiger partial charge on any atom is 0.257 e. The van der Waals surface area contributed by atoms with Gasteiger partial charge >= 0.3 is 0 Å². The Balaban J connectivity index is 1.83. The second kappa shape index (κ2) is 12.5. The lowest BCUT2D eigenvalue weighted by atomic mass is 10.1. The third kappa shape index (κ3) is 7.02. The van der Waals surface area contributed by atoms with Crippen molar-refractivity contribution in [3.8, 4) is 0 Å². The molecule has 3 aromatic rings. The van der Waals surface area contributed by atoms with E-state index in [1.165, 1.54) is 11.0 Å². The van der Waals surface area contributed by atoms with Crippen LogP contribution in [0, 0.1) is 0 Å². The van der Waals surface area contributed by atoms with E-state index >= 15 is 0 Å². The monoisotopic (exact) mass is 490 g/mol. The fourth-order valence-electron chi connectivity index (χ4n) is 3.23. The summed E-state index contributed by atoms with van der Waals surface area (Å²) in [7, 11) is 3.50. The van der Waals surface area contributed by atoms with Crippen molar-refractivity contribution in [1.29, 1.82) is 0 Å².